The Morgan fingerprint density at radius 2 is 1.74 bits per heavy atom. The molecule has 0 aliphatic rings. The number of nitriles is 1. The van der Waals surface area contributed by atoms with Gasteiger partial charge in [-0.1, -0.05) is 12.1 Å². The number of nitrogens with one attached hydrogen (secondary N) is 1. The number of nitrogens with zero attached hydrogens (tertiary/aromatic N) is 4. The van der Waals surface area contributed by atoms with Crippen molar-refractivity contribution < 1.29 is 0 Å². The first-order chi connectivity index (χ1) is 11.1. The summed E-state index contributed by atoms with van der Waals surface area (Å²) in [4.78, 5) is 11.5. The minimum absolute atomic E-state index is 0.0107. The molecule has 3 aromatic rings. The largest absolute Gasteiger partial charge is 0.389 e. The fourth-order valence-electron chi connectivity index (χ4n) is 1.94. The van der Waals surface area contributed by atoms with E-state index in [-0.39, 0.29) is 16.5 Å². The molecule has 0 spiro atoms. The van der Waals surface area contributed by atoms with Crippen LogP contribution in [-0.4, -0.2) is 15.0 Å². The zero-order valence-electron chi connectivity index (χ0n) is 11.4. The van der Waals surface area contributed by atoms with Gasteiger partial charge in [-0.15, -0.1) is 11.3 Å². The summed E-state index contributed by atoms with van der Waals surface area (Å²) in [6.45, 7) is 0. The van der Waals surface area contributed by atoms with Crippen molar-refractivity contribution in [3.8, 4) is 17.2 Å². The summed E-state index contributed by atoms with van der Waals surface area (Å²) in [5, 5.41) is 14.5. The summed E-state index contributed by atoms with van der Waals surface area (Å²) in [5.74, 6) is 0.250. The number of halogens is 2. The van der Waals surface area contributed by atoms with Crippen LogP contribution < -0.4 is 11.1 Å². The maximum Gasteiger partial charge on any atom is 0.232 e. The Morgan fingerprint density at radius 3 is 2.35 bits per heavy atom. The normalized spacial score (nSPS) is 10.3. The van der Waals surface area contributed by atoms with Crippen molar-refractivity contribution in [2.75, 3.05) is 11.1 Å². The Morgan fingerprint density at radius 1 is 1.09 bits per heavy atom. The van der Waals surface area contributed by atoms with E-state index in [9.17, 15) is 0 Å². The monoisotopic (exact) mass is 362 g/mol. The third-order valence-corrected chi connectivity index (χ3v) is 4.11. The van der Waals surface area contributed by atoms with Crippen LogP contribution in [0.1, 0.15) is 5.56 Å². The number of nitrogens with two attached hydrogens (primary N) is 1. The molecule has 23 heavy (non-hydrogen) atoms. The molecule has 0 aliphatic heterocycles. The molecule has 9 heteroatoms. The number of thiophene rings is 1. The molecule has 6 nitrogen and oxygen atoms in total. The van der Waals surface area contributed by atoms with Crippen molar-refractivity contribution >= 4 is 51.2 Å². The molecule has 0 saturated heterocycles. The highest BCUT2D eigenvalue weighted by molar-refractivity contribution is 7.14. The molecule has 0 fully saturated rings. The van der Waals surface area contributed by atoms with E-state index in [1.54, 1.807) is 0 Å². The van der Waals surface area contributed by atoms with Crippen LogP contribution in [0.3, 0.4) is 0 Å². The number of hydrogen-bond donors (Lipinski definition) is 2. The molecule has 0 amide bonds. The van der Waals surface area contributed by atoms with E-state index in [2.05, 4.69) is 26.3 Å². The van der Waals surface area contributed by atoms with Crippen LogP contribution >= 0.6 is 34.5 Å². The highest BCUT2D eigenvalue weighted by Gasteiger charge is 2.11. The second-order valence-corrected chi connectivity index (χ2v) is 5.99. The SMILES string of the molecule is N#Cc1c(-c2ccc(Nc3nc(Cl)nc(Cl)n3)cc2)csc1N. The maximum absolute atomic E-state index is 9.17. The van der Waals surface area contributed by atoms with Crippen LogP contribution in [0.2, 0.25) is 10.6 Å². The molecule has 0 aliphatic carbocycles. The Labute approximate surface area is 145 Å². The van der Waals surface area contributed by atoms with E-state index < -0.39 is 0 Å². The standard InChI is InChI=1S/C14H8Cl2N6S/c15-12-20-13(16)22-14(21-12)19-8-3-1-7(2-4-8)10-6-23-11(18)9(10)5-17/h1-4,6H,18H2,(H,19,20,21,22). The molecule has 0 bridgehead atoms. The Hall–Kier alpha value is -2.40. The van der Waals surface area contributed by atoms with Crippen LogP contribution in [0, 0.1) is 11.3 Å². The van der Waals surface area contributed by atoms with E-state index in [4.69, 9.17) is 34.2 Å². The van der Waals surface area contributed by atoms with Gasteiger partial charge >= 0.3 is 0 Å². The van der Waals surface area contributed by atoms with Crippen molar-refractivity contribution in [3.05, 3.63) is 45.8 Å². The Kier molecular flexibility index (Phi) is 4.30. The highest BCUT2D eigenvalue weighted by Crippen LogP contribution is 2.33. The first kappa shape index (κ1) is 15.5. The van der Waals surface area contributed by atoms with Crippen molar-refractivity contribution in [1.82, 2.24) is 15.0 Å². The average Bonchev–Trinajstić information content (AvgIpc) is 2.88. The number of anilines is 3. The molecular formula is C14H8Cl2N6S. The molecule has 1 aromatic carbocycles. The van der Waals surface area contributed by atoms with Gasteiger partial charge in [-0.05, 0) is 40.9 Å². The number of nitrogen functional groups attached to an aromatic ring is 1. The highest BCUT2D eigenvalue weighted by atomic mass is 35.5. The smallest absolute Gasteiger partial charge is 0.232 e. The predicted molar refractivity (Wildman–Crippen MR) is 92.0 cm³/mol. The topological polar surface area (TPSA) is 101 Å². The van der Waals surface area contributed by atoms with Gasteiger partial charge in [0.15, 0.2) is 0 Å². The number of aromatic nitrogens is 3. The van der Waals surface area contributed by atoms with Gasteiger partial charge in [-0.3, -0.25) is 0 Å². The third kappa shape index (κ3) is 3.35. The molecule has 0 atom stereocenters. The van der Waals surface area contributed by atoms with E-state index in [1.165, 1.54) is 11.3 Å². The van der Waals surface area contributed by atoms with Gasteiger partial charge < -0.3 is 11.1 Å². The van der Waals surface area contributed by atoms with Gasteiger partial charge in [-0.2, -0.15) is 20.2 Å². The zero-order chi connectivity index (χ0) is 16.4. The van der Waals surface area contributed by atoms with Gasteiger partial charge in [0.1, 0.15) is 11.1 Å². The van der Waals surface area contributed by atoms with Gasteiger partial charge in [0.2, 0.25) is 16.5 Å². The molecule has 0 radical (unpaired) electrons. The third-order valence-electron chi connectivity index (χ3n) is 2.96. The van der Waals surface area contributed by atoms with Crippen LogP contribution in [0.25, 0.3) is 11.1 Å². The summed E-state index contributed by atoms with van der Waals surface area (Å²) < 4.78 is 0. The number of benzene rings is 1. The summed E-state index contributed by atoms with van der Waals surface area (Å²) >= 11 is 12.8. The summed E-state index contributed by atoms with van der Waals surface area (Å²) in [7, 11) is 0. The van der Waals surface area contributed by atoms with Gasteiger partial charge in [0, 0.05) is 16.6 Å². The second kappa shape index (κ2) is 6.38. The van der Waals surface area contributed by atoms with E-state index in [0.29, 0.717) is 10.6 Å². The first-order valence-corrected chi connectivity index (χ1v) is 7.92. The first-order valence-electron chi connectivity index (χ1n) is 6.28. The minimum atomic E-state index is 0.0107. The minimum Gasteiger partial charge on any atom is -0.389 e. The lowest BCUT2D eigenvalue weighted by atomic mass is 10.0. The summed E-state index contributed by atoms with van der Waals surface area (Å²) in [6.07, 6.45) is 0. The van der Waals surface area contributed by atoms with Crippen molar-refractivity contribution in [2.45, 2.75) is 0 Å². The second-order valence-electron chi connectivity index (χ2n) is 4.40. The van der Waals surface area contributed by atoms with Crippen molar-refractivity contribution in [1.29, 1.82) is 5.26 Å². The summed E-state index contributed by atoms with van der Waals surface area (Å²) in [5.41, 5.74) is 8.73. The fourth-order valence-corrected chi connectivity index (χ4v) is 3.08. The molecule has 3 rings (SSSR count). The van der Waals surface area contributed by atoms with Crippen molar-refractivity contribution in [2.24, 2.45) is 0 Å². The molecular weight excluding hydrogens is 355 g/mol. The maximum atomic E-state index is 9.17. The molecule has 0 unspecified atom stereocenters. The molecule has 3 N–H and O–H groups in total. The van der Waals surface area contributed by atoms with Gasteiger partial charge in [-0.25, -0.2) is 0 Å². The lowest BCUT2D eigenvalue weighted by Gasteiger charge is -2.06. The molecule has 0 saturated carbocycles. The predicted octanol–water partition coefficient (Wildman–Crippen LogP) is 4.10. The quantitative estimate of drug-likeness (QED) is 0.726. The summed E-state index contributed by atoms with van der Waals surface area (Å²) in [6, 6.07) is 9.52. The lowest BCUT2D eigenvalue weighted by Crippen LogP contribution is -1.99. The molecule has 2 heterocycles. The average molecular weight is 363 g/mol. The van der Waals surface area contributed by atoms with E-state index >= 15 is 0 Å². The van der Waals surface area contributed by atoms with Crippen LogP contribution in [0.15, 0.2) is 29.6 Å². The van der Waals surface area contributed by atoms with Crippen LogP contribution in [0.4, 0.5) is 16.6 Å². The molecule has 114 valence electrons. The van der Waals surface area contributed by atoms with Crippen LogP contribution in [-0.2, 0) is 0 Å². The Bertz CT molecular complexity index is 880. The number of rotatable bonds is 3. The zero-order valence-corrected chi connectivity index (χ0v) is 13.7. The van der Waals surface area contributed by atoms with Gasteiger partial charge in [0.25, 0.3) is 0 Å². The Balaban J connectivity index is 1.86. The fraction of sp³-hybridized carbons (Fsp3) is 0. The van der Waals surface area contributed by atoms with Gasteiger partial charge in [0.05, 0.1) is 5.56 Å². The number of hydrogen-bond acceptors (Lipinski definition) is 7. The van der Waals surface area contributed by atoms with Crippen molar-refractivity contribution in [3.63, 3.8) is 0 Å². The molecule has 2 aromatic heterocycles. The van der Waals surface area contributed by atoms with E-state index in [1.807, 2.05) is 29.6 Å². The lowest BCUT2D eigenvalue weighted by molar-refractivity contribution is 1.05. The van der Waals surface area contributed by atoms with E-state index in [0.717, 1.165) is 16.8 Å². The van der Waals surface area contributed by atoms with Crippen LogP contribution in [0.5, 0.6) is 0 Å².